The summed E-state index contributed by atoms with van der Waals surface area (Å²) in [5.74, 6) is -0.242. The molecule has 2 N–H and O–H groups in total. The topological polar surface area (TPSA) is 43.1 Å². The van der Waals surface area contributed by atoms with Crippen LogP contribution in [0.25, 0.3) is 0 Å². The zero-order valence-electron chi connectivity index (χ0n) is 3.14. The monoisotopic (exact) mass is 125 g/mol. The largest absolute Gasteiger partial charge is 0.369 e. The standard InChI is InChI=1S/C2H5NOS.H2S/c3-2(4)1-5;/h5H,1H2,(H2,3,4);1H2. The molecule has 0 atom stereocenters. The minimum Gasteiger partial charge on any atom is -0.369 e. The fourth-order valence-electron chi connectivity index (χ4n) is 0. The van der Waals surface area contributed by atoms with Crippen molar-refractivity contribution in [2.45, 2.75) is 0 Å². The molecule has 0 heterocycles. The van der Waals surface area contributed by atoms with Crippen LogP contribution < -0.4 is 5.73 Å². The van der Waals surface area contributed by atoms with E-state index in [-0.39, 0.29) is 25.2 Å². The third-order valence-electron chi connectivity index (χ3n) is 0.156. The molecule has 6 heavy (non-hydrogen) atoms. The summed E-state index contributed by atoms with van der Waals surface area (Å²) in [5.41, 5.74) is 4.58. The van der Waals surface area contributed by atoms with E-state index in [0.29, 0.717) is 0 Å². The van der Waals surface area contributed by atoms with Gasteiger partial charge >= 0.3 is 0 Å². The van der Waals surface area contributed by atoms with Gasteiger partial charge in [0.15, 0.2) is 0 Å². The van der Waals surface area contributed by atoms with E-state index in [4.69, 9.17) is 0 Å². The van der Waals surface area contributed by atoms with Crippen molar-refractivity contribution < 1.29 is 4.79 Å². The smallest absolute Gasteiger partial charge is 0.227 e. The van der Waals surface area contributed by atoms with Crippen molar-refractivity contribution in [3.8, 4) is 0 Å². The Bertz CT molecular complexity index is 46.8. The first-order chi connectivity index (χ1) is 2.27. The van der Waals surface area contributed by atoms with Gasteiger partial charge in [-0.3, -0.25) is 4.79 Å². The fourth-order valence-corrected chi connectivity index (χ4v) is 0. The van der Waals surface area contributed by atoms with Crippen molar-refractivity contribution >= 4 is 32.0 Å². The summed E-state index contributed by atoms with van der Waals surface area (Å²) in [6.07, 6.45) is 0. The Morgan fingerprint density at radius 3 is 2.00 bits per heavy atom. The number of primary amides is 1. The van der Waals surface area contributed by atoms with Crippen LogP contribution >= 0.6 is 26.1 Å². The van der Waals surface area contributed by atoms with Crippen molar-refractivity contribution in [1.82, 2.24) is 0 Å². The molecular weight excluding hydrogens is 118 g/mol. The average molecular weight is 125 g/mol. The van der Waals surface area contributed by atoms with Gasteiger partial charge in [0.2, 0.25) is 5.91 Å². The van der Waals surface area contributed by atoms with E-state index in [9.17, 15) is 4.79 Å². The molecule has 2 nitrogen and oxygen atoms in total. The molecule has 4 heteroatoms. The van der Waals surface area contributed by atoms with Crippen LogP contribution in [0, 0.1) is 0 Å². The molecule has 0 bridgehead atoms. The molecule has 0 aliphatic heterocycles. The van der Waals surface area contributed by atoms with E-state index in [0.717, 1.165) is 0 Å². The van der Waals surface area contributed by atoms with E-state index >= 15 is 0 Å². The van der Waals surface area contributed by atoms with Gasteiger partial charge < -0.3 is 5.73 Å². The maximum absolute atomic E-state index is 9.51. The van der Waals surface area contributed by atoms with Gasteiger partial charge in [0.25, 0.3) is 0 Å². The first-order valence-corrected chi connectivity index (χ1v) is 1.80. The predicted octanol–water partition coefficient (Wildman–Crippen LogP) is -0.486. The Kier molecular flexibility index (Phi) is 8.17. The van der Waals surface area contributed by atoms with E-state index in [1.165, 1.54) is 0 Å². The summed E-state index contributed by atoms with van der Waals surface area (Å²) in [7, 11) is 0. The van der Waals surface area contributed by atoms with Crippen molar-refractivity contribution in [2.75, 3.05) is 5.75 Å². The number of rotatable bonds is 1. The molecule has 0 spiro atoms. The highest BCUT2D eigenvalue weighted by Gasteiger charge is 1.78. The number of carbonyl (C=O) groups excluding carboxylic acids is 1. The number of hydrogen-bond donors (Lipinski definition) is 2. The van der Waals surface area contributed by atoms with Crippen LogP contribution in [-0.4, -0.2) is 11.7 Å². The molecule has 38 valence electrons. The molecule has 0 saturated carbocycles. The van der Waals surface area contributed by atoms with Gasteiger partial charge in [0, 0.05) is 0 Å². The number of amides is 1. The summed E-state index contributed by atoms with van der Waals surface area (Å²) >= 11 is 3.54. The Morgan fingerprint density at radius 1 is 1.83 bits per heavy atom. The first-order valence-electron chi connectivity index (χ1n) is 1.16. The fraction of sp³-hybridized carbons (Fsp3) is 0.500. The highest BCUT2D eigenvalue weighted by molar-refractivity contribution is 7.81. The molecule has 0 unspecified atom stereocenters. The van der Waals surface area contributed by atoms with Crippen LogP contribution in [-0.2, 0) is 4.79 Å². The maximum Gasteiger partial charge on any atom is 0.227 e. The molecular formula is C2H7NOS2. The lowest BCUT2D eigenvalue weighted by molar-refractivity contribution is -0.115. The zero-order chi connectivity index (χ0) is 4.28. The molecule has 0 aromatic carbocycles. The Balaban J connectivity index is 0. The van der Waals surface area contributed by atoms with Gasteiger partial charge in [0.05, 0.1) is 5.75 Å². The molecule has 0 rings (SSSR count). The van der Waals surface area contributed by atoms with Crippen LogP contribution in [0.2, 0.25) is 0 Å². The van der Waals surface area contributed by atoms with Gasteiger partial charge in [-0.1, -0.05) is 0 Å². The van der Waals surface area contributed by atoms with Crippen LogP contribution in [0.3, 0.4) is 0 Å². The van der Waals surface area contributed by atoms with Crippen LogP contribution in [0.1, 0.15) is 0 Å². The zero-order valence-corrected chi connectivity index (χ0v) is 5.03. The quantitative estimate of drug-likeness (QED) is 0.456. The Morgan fingerprint density at radius 2 is 2.00 bits per heavy atom. The van der Waals surface area contributed by atoms with Crippen LogP contribution in [0.4, 0.5) is 0 Å². The van der Waals surface area contributed by atoms with E-state index in [1.807, 2.05) is 0 Å². The highest BCUT2D eigenvalue weighted by atomic mass is 32.1. The molecule has 1 amide bonds. The molecule has 0 aliphatic rings. The lowest BCUT2D eigenvalue weighted by Gasteiger charge is -1.72. The number of carbonyl (C=O) groups is 1. The summed E-state index contributed by atoms with van der Waals surface area (Å²) in [5, 5.41) is 0. The highest BCUT2D eigenvalue weighted by Crippen LogP contribution is 1.63. The second kappa shape index (κ2) is 5.17. The van der Waals surface area contributed by atoms with Gasteiger partial charge in [-0.25, -0.2) is 0 Å². The minimum absolute atomic E-state index is 0. The van der Waals surface area contributed by atoms with Crippen molar-refractivity contribution in [2.24, 2.45) is 5.73 Å². The SMILES string of the molecule is NC(=O)CS.S. The molecule has 0 aromatic heterocycles. The summed E-state index contributed by atoms with van der Waals surface area (Å²) in [4.78, 5) is 9.51. The van der Waals surface area contributed by atoms with Crippen molar-refractivity contribution in [3.05, 3.63) is 0 Å². The average Bonchev–Trinajstić information content (AvgIpc) is 1.38. The summed E-state index contributed by atoms with van der Waals surface area (Å²) < 4.78 is 0. The molecule has 0 radical (unpaired) electrons. The molecule has 0 fully saturated rings. The number of nitrogens with two attached hydrogens (primary N) is 1. The van der Waals surface area contributed by atoms with Crippen molar-refractivity contribution in [1.29, 1.82) is 0 Å². The molecule has 0 aliphatic carbocycles. The van der Waals surface area contributed by atoms with Gasteiger partial charge in [-0.05, 0) is 0 Å². The van der Waals surface area contributed by atoms with Gasteiger partial charge in [0.1, 0.15) is 0 Å². The third kappa shape index (κ3) is 8.90. The number of thiol groups is 1. The van der Waals surface area contributed by atoms with Gasteiger partial charge in [-0.15, -0.1) is 0 Å². The minimum atomic E-state index is -0.381. The summed E-state index contributed by atoms with van der Waals surface area (Å²) in [6, 6.07) is 0. The Hall–Kier alpha value is 0.170. The second-order valence-corrected chi connectivity index (χ2v) is 0.941. The number of hydrogen-bond acceptors (Lipinski definition) is 2. The first kappa shape index (κ1) is 9.48. The van der Waals surface area contributed by atoms with Gasteiger partial charge in [-0.2, -0.15) is 26.1 Å². The molecule has 0 aromatic rings. The predicted molar refractivity (Wildman–Crippen MR) is 33.4 cm³/mol. The van der Waals surface area contributed by atoms with E-state index in [2.05, 4.69) is 18.4 Å². The normalized spacial score (nSPS) is 6.17. The second-order valence-electron chi connectivity index (χ2n) is 0.624. The van der Waals surface area contributed by atoms with Crippen LogP contribution in [0.15, 0.2) is 0 Å². The summed E-state index contributed by atoms with van der Waals surface area (Å²) in [6.45, 7) is 0. The Labute approximate surface area is 49.0 Å². The maximum atomic E-state index is 9.51. The lowest BCUT2D eigenvalue weighted by Crippen LogP contribution is -2.10. The molecule has 0 saturated heterocycles. The van der Waals surface area contributed by atoms with Crippen LogP contribution in [0.5, 0.6) is 0 Å². The lowest BCUT2D eigenvalue weighted by atomic mass is 10.8. The van der Waals surface area contributed by atoms with Crippen molar-refractivity contribution in [3.63, 3.8) is 0 Å². The van der Waals surface area contributed by atoms with E-state index in [1.54, 1.807) is 0 Å². The third-order valence-corrected chi connectivity index (χ3v) is 0.468. The van der Waals surface area contributed by atoms with E-state index < -0.39 is 0 Å².